The molecule has 1 aromatic carbocycles. The molecule has 1 saturated heterocycles. The molecule has 2 aromatic rings. The minimum atomic E-state index is -0.0961. The van der Waals surface area contributed by atoms with Crippen molar-refractivity contribution < 1.29 is 4.79 Å². The predicted molar refractivity (Wildman–Crippen MR) is 80.2 cm³/mol. The monoisotopic (exact) mass is 285 g/mol. The van der Waals surface area contributed by atoms with E-state index in [1.807, 2.05) is 24.3 Å². The molecule has 2 unspecified atom stereocenters. The fourth-order valence-electron chi connectivity index (χ4n) is 2.56. The van der Waals surface area contributed by atoms with Crippen LogP contribution in [0.4, 0.5) is 5.69 Å². The molecule has 21 heavy (non-hydrogen) atoms. The molecule has 1 fully saturated rings. The third-order valence-electron chi connectivity index (χ3n) is 3.77. The van der Waals surface area contributed by atoms with Crippen LogP contribution in [0.15, 0.2) is 36.7 Å². The Morgan fingerprint density at radius 1 is 1.29 bits per heavy atom. The van der Waals surface area contributed by atoms with E-state index in [0.717, 1.165) is 30.8 Å². The third-order valence-corrected chi connectivity index (χ3v) is 3.77. The van der Waals surface area contributed by atoms with Gasteiger partial charge in [-0.2, -0.15) is 15.0 Å². The molecular formula is C15H19N5O. The van der Waals surface area contributed by atoms with Crippen LogP contribution >= 0.6 is 0 Å². The second kappa shape index (κ2) is 6.05. The summed E-state index contributed by atoms with van der Waals surface area (Å²) >= 11 is 0. The van der Waals surface area contributed by atoms with E-state index < -0.39 is 0 Å². The number of anilines is 1. The van der Waals surface area contributed by atoms with Crippen LogP contribution < -0.4 is 10.6 Å². The zero-order chi connectivity index (χ0) is 14.7. The van der Waals surface area contributed by atoms with Crippen molar-refractivity contribution >= 4 is 11.6 Å². The van der Waals surface area contributed by atoms with Crippen molar-refractivity contribution in [1.82, 2.24) is 20.3 Å². The molecule has 0 bridgehead atoms. The van der Waals surface area contributed by atoms with Crippen LogP contribution in [-0.2, 0) is 4.79 Å². The summed E-state index contributed by atoms with van der Waals surface area (Å²) in [4.78, 5) is 13.8. The normalized spacial score (nSPS) is 22.0. The molecule has 0 aliphatic carbocycles. The molecule has 2 N–H and O–H groups in total. The number of hydrogen-bond donors (Lipinski definition) is 2. The van der Waals surface area contributed by atoms with Crippen LogP contribution in [0.2, 0.25) is 0 Å². The van der Waals surface area contributed by atoms with E-state index in [0.29, 0.717) is 5.92 Å². The van der Waals surface area contributed by atoms with Crippen molar-refractivity contribution in [3.05, 3.63) is 36.7 Å². The lowest BCUT2D eigenvalue weighted by Crippen LogP contribution is -2.45. The van der Waals surface area contributed by atoms with Gasteiger partial charge < -0.3 is 10.6 Å². The Labute approximate surface area is 123 Å². The molecule has 0 radical (unpaired) electrons. The first-order valence-electron chi connectivity index (χ1n) is 7.23. The SMILES string of the molecule is CC1CCNC(C(=O)Nc2ccc(-n3nccn3)cc2)C1. The fraction of sp³-hybridized carbons (Fsp3) is 0.400. The highest BCUT2D eigenvalue weighted by Gasteiger charge is 2.24. The molecule has 1 amide bonds. The van der Waals surface area contributed by atoms with E-state index in [1.165, 1.54) is 4.80 Å². The lowest BCUT2D eigenvalue weighted by Gasteiger charge is -2.27. The first-order chi connectivity index (χ1) is 10.2. The maximum atomic E-state index is 12.2. The van der Waals surface area contributed by atoms with Gasteiger partial charge in [-0.1, -0.05) is 6.92 Å². The predicted octanol–water partition coefficient (Wildman–Crippen LogP) is 1.59. The molecule has 6 heteroatoms. The third kappa shape index (κ3) is 3.28. The van der Waals surface area contributed by atoms with Crippen molar-refractivity contribution in [2.24, 2.45) is 5.92 Å². The van der Waals surface area contributed by atoms with Gasteiger partial charge in [-0.3, -0.25) is 4.79 Å². The van der Waals surface area contributed by atoms with E-state index in [9.17, 15) is 4.79 Å². The van der Waals surface area contributed by atoms with E-state index in [1.54, 1.807) is 12.4 Å². The standard InChI is InChI=1S/C15H19N5O/c1-11-6-7-16-14(10-11)15(21)19-12-2-4-13(5-3-12)20-17-8-9-18-20/h2-5,8-9,11,14,16H,6-7,10H2,1H3,(H,19,21). The van der Waals surface area contributed by atoms with Gasteiger partial charge in [0.1, 0.15) is 0 Å². The summed E-state index contributed by atoms with van der Waals surface area (Å²) in [5, 5.41) is 14.4. The number of hydrogen-bond acceptors (Lipinski definition) is 4. The van der Waals surface area contributed by atoms with Crippen LogP contribution in [0.25, 0.3) is 5.69 Å². The zero-order valence-corrected chi connectivity index (χ0v) is 12.0. The minimum Gasteiger partial charge on any atom is -0.325 e. The summed E-state index contributed by atoms with van der Waals surface area (Å²) in [6.45, 7) is 3.09. The Hall–Kier alpha value is -2.21. The minimum absolute atomic E-state index is 0.0338. The van der Waals surface area contributed by atoms with Crippen LogP contribution in [0.1, 0.15) is 19.8 Å². The van der Waals surface area contributed by atoms with E-state index >= 15 is 0 Å². The molecule has 1 aliphatic heterocycles. The number of carbonyl (C=O) groups excluding carboxylic acids is 1. The number of aromatic nitrogens is 3. The maximum absolute atomic E-state index is 12.2. The number of nitrogens with one attached hydrogen (secondary N) is 2. The summed E-state index contributed by atoms with van der Waals surface area (Å²) in [6, 6.07) is 7.39. The Bertz CT molecular complexity index is 593. The Kier molecular flexibility index (Phi) is 3.96. The van der Waals surface area contributed by atoms with Crippen molar-refractivity contribution in [3.8, 4) is 5.69 Å². The summed E-state index contributed by atoms with van der Waals surface area (Å²) < 4.78 is 0. The van der Waals surface area contributed by atoms with Crippen LogP contribution in [0, 0.1) is 5.92 Å². The van der Waals surface area contributed by atoms with E-state index in [-0.39, 0.29) is 11.9 Å². The summed E-state index contributed by atoms with van der Waals surface area (Å²) in [5.41, 5.74) is 1.65. The summed E-state index contributed by atoms with van der Waals surface area (Å²) in [7, 11) is 0. The largest absolute Gasteiger partial charge is 0.325 e. The number of piperidine rings is 1. The maximum Gasteiger partial charge on any atom is 0.241 e. The molecule has 110 valence electrons. The van der Waals surface area contributed by atoms with Gasteiger partial charge in [0.05, 0.1) is 24.1 Å². The summed E-state index contributed by atoms with van der Waals surface area (Å²) in [6.07, 6.45) is 5.29. The Morgan fingerprint density at radius 3 is 2.67 bits per heavy atom. The lowest BCUT2D eigenvalue weighted by atomic mass is 9.94. The van der Waals surface area contributed by atoms with Crippen molar-refractivity contribution in [1.29, 1.82) is 0 Å². The van der Waals surface area contributed by atoms with Gasteiger partial charge in [0, 0.05) is 5.69 Å². The highest BCUT2D eigenvalue weighted by Crippen LogP contribution is 2.17. The van der Waals surface area contributed by atoms with Gasteiger partial charge in [0.15, 0.2) is 0 Å². The number of carbonyl (C=O) groups is 1. The second-order valence-corrected chi connectivity index (χ2v) is 5.49. The quantitative estimate of drug-likeness (QED) is 0.898. The molecule has 2 atom stereocenters. The van der Waals surface area contributed by atoms with Gasteiger partial charge >= 0.3 is 0 Å². The molecule has 0 spiro atoms. The number of benzene rings is 1. The smallest absolute Gasteiger partial charge is 0.241 e. The molecule has 6 nitrogen and oxygen atoms in total. The van der Waals surface area contributed by atoms with Gasteiger partial charge in [0.2, 0.25) is 5.91 Å². The first-order valence-corrected chi connectivity index (χ1v) is 7.23. The highest BCUT2D eigenvalue weighted by atomic mass is 16.2. The number of amides is 1. The lowest BCUT2D eigenvalue weighted by molar-refractivity contribution is -0.119. The van der Waals surface area contributed by atoms with Crippen molar-refractivity contribution in [2.45, 2.75) is 25.8 Å². The Balaban J connectivity index is 1.63. The fourth-order valence-corrected chi connectivity index (χ4v) is 2.56. The molecule has 1 aromatic heterocycles. The van der Waals surface area contributed by atoms with Crippen molar-refractivity contribution in [3.63, 3.8) is 0 Å². The van der Waals surface area contributed by atoms with Crippen molar-refractivity contribution in [2.75, 3.05) is 11.9 Å². The highest BCUT2D eigenvalue weighted by molar-refractivity contribution is 5.94. The van der Waals surface area contributed by atoms with Crippen LogP contribution in [0.5, 0.6) is 0 Å². The average molecular weight is 285 g/mol. The van der Waals surface area contributed by atoms with E-state index in [4.69, 9.17) is 0 Å². The van der Waals surface area contributed by atoms with Crippen LogP contribution in [-0.4, -0.2) is 33.5 Å². The van der Waals surface area contributed by atoms with Gasteiger partial charge in [-0.05, 0) is 49.6 Å². The molecule has 2 heterocycles. The Morgan fingerprint density at radius 2 is 2.00 bits per heavy atom. The topological polar surface area (TPSA) is 71.8 Å². The molecule has 0 saturated carbocycles. The molecule has 3 rings (SSSR count). The number of rotatable bonds is 3. The van der Waals surface area contributed by atoms with Crippen LogP contribution in [0.3, 0.4) is 0 Å². The number of nitrogens with zero attached hydrogens (tertiary/aromatic N) is 3. The van der Waals surface area contributed by atoms with Gasteiger partial charge in [-0.25, -0.2) is 0 Å². The second-order valence-electron chi connectivity index (χ2n) is 5.49. The first kappa shape index (κ1) is 13.8. The molecule has 1 aliphatic rings. The average Bonchev–Trinajstić information content (AvgIpc) is 3.02. The zero-order valence-electron chi connectivity index (χ0n) is 12.0. The van der Waals surface area contributed by atoms with E-state index in [2.05, 4.69) is 27.8 Å². The summed E-state index contributed by atoms with van der Waals surface area (Å²) in [5.74, 6) is 0.627. The van der Waals surface area contributed by atoms with Gasteiger partial charge in [0.25, 0.3) is 0 Å². The van der Waals surface area contributed by atoms with Gasteiger partial charge in [-0.15, -0.1) is 0 Å². The molecular weight excluding hydrogens is 266 g/mol.